The number of amides is 1. The Hall–Kier alpha value is -1.57. The first-order valence-electron chi connectivity index (χ1n) is 6.87. The summed E-state index contributed by atoms with van der Waals surface area (Å²) in [7, 11) is 0. The molecule has 1 atom stereocenters. The third-order valence-electron chi connectivity index (χ3n) is 3.37. The fourth-order valence-electron chi connectivity index (χ4n) is 2.40. The van der Waals surface area contributed by atoms with Crippen LogP contribution < -0.4 is 0 Å². The minimum atomic E-state index is -4.35. The molecule has 1 fully saturated rings. The van der Waals surface area contributed by atoms with Crippen molar-refractivity contribution in [2.24, 2.45) is 0 Å². The molecule has 0 radical (unpaired) electrons. The van der Waals surface area contributed by atoms with E-state index in [0.29, 0.717) is 13.1 Å². The van der Waals surface area contributed by atoms with Gasteiger partial charge in [0.25, 0.3) is 0 Å². The number of piperidine rings is 1. The van der Waals surface area contributed by atoms with Gasteiger partial charge in [0.15, 0.2) is 0 Å². The molecule has 0 N–H and O–H groups in total. The molecule has 118 valence electrons. The van der Waals surface area contributed by atoms with E-state index in [1.165, 1.54) is 0 Å². The summed E-state index contributed by atoms with van der Waals surface area (Å²) in [6, 6.07) is 1.96. The standard InChI is InChI=1S/C13H18F3N3O2/c14-13(15,16)10-21-8-4-12(20)18-6-1-3-11(9-18)19-7-2-5-17-19/h2,5,7,11H,1,3-4,6,8-10H2/t11-/m0/s1. The Labute approximate surface area is 120 Å². The van der Waals surface area contributed by atoms with Gasteiger partial charge >= 0.3 is 6.18 Å². The summed E-state index contributed by atoms with van der Waals surface area (Å²) >= 11 is 0. The average Bonchev–Trinajstić information content (AvgIpc) is 2.96. The Balaban J connectivity index is 1.74. The molecule has 1 aromatic heterocycles. The SMILES string of the molecule is O=C(CCOCC(F)(F)F)N1CCC[C@H](n2cccn2)C1. The van der Waals surface area contributed by atoms with E-state index in [-0.39, 0.29) is 25.0 Å². The van der Waals surface area contributed by atoms with Gasteiger partial charge in [-0.25, -0.2) is 0 Å². The summed E-state index contributed by atoms with van der Waals surface area (Å²) in [5.41, 5.74) is 0. The van der Waals surface area contributed by atoms with Crippen molar-refractivity contribution in [3.05, 3.63) is 18.5 Å². The van der Waals surface area contributed by atoms with Gasteiger partial charge in [-0.3, -0.25) is 9.48 Å². The summed E-state index contributed by atoms with van der Waals surface area (Å²) in [4.78, 5) is 13.6. The Morgan fingerprint density at radius 2 is 2.24 bits per heavy atom. The Morgan fingerprint density at radius 1 is 1.43 bits per heavy atom. The predicted molar refractivity (Wildman–Crippen MR) is 68.6 cm³/mol. The quantitative estimate of drug-likeness (QED) is 0.782. The molecule has 1 saturated heterocycles. The van der Waals surface area contributed by atoms with Crippen LogP contribution in [0, 0.1) is 0 Å². The van der Waals surface area contributed by atoms with E-state index < -0.39 is 12.8 Å². The van der Waals surface area contributed by atoms with Crippen molar-refractivity contribution in [3.63, 3.8) is 0 Å². The fraction of sp³-hybridized carbons (Fsp3) is 0.692. The van der Waals surface area contributed by atoms with Gasteiger partial charge in [0.05, 0.1) is 19.1 Å². The van der Waals surface area contributed by atoms with Crippen molar-refractivity contribution >= 4 is 5.91 Å². The lowest BCUT2D eigenvalue weighted by atomic mass is 10.1. The Kier molecular flexibility index (Phi) is 5.22. The third kappa shape index (κ3) is 5.04. The number of ether oxygens (including phenoxy) is 1. The first kappa shape index (κ1) is 15.8. The van der Waals surface area contributed by atoms with Crippen molar-refractivity contribution in [3.8, 4) is 0 Å². The minimum Gasteiger partial charge on any atom is -0.372 e. The van der Waals surface area contributed by atoms with Crippen LogP contribution in [0.15, 0.2) is 18.5 Å². The third-order valence-corrected chi connectivity index (χ3v) is 3.37. The molecule has 0 aliphatic carbocycles. The highest BCUT2D eigenvalue weighted by atomic mass is 19.4. The molecule has 1 aliphatic heterocycles. The highest BCUT2D eigenvalue weighted by molar-refractivity contribution is 5.76. The summed E-state index contributed by atoms with van der Waals surface area (Å²) in [6.45, 7) is -0.340. The fourth-order valence-corrected chi connectivity index (χ4v) is 2.40. The molecule has 0 bridgehead atoms. The largest absolute Gasteiger partial charge is 0.411 e. The summed E-state index contributed by atoms with van der Waals surface area (Å²) in [5.74, 6) is -0.172. The Bertz CT molecular complexity index is 448. The normalized spacial score (nSPS) is 19.8. The summed E-state index contributed by atoms with van der Waals surface area (Å²) < 4.78 is 42.0. The molecule has 0 saturated carbocycles. The van der Waals surface area contributed by atoms with Crippen molar-refractivity contribution in [2.75, 3.05) is 26.3 Å². The van der Waals surface area contributed by atoms with Crippen LogP contribution in [0.1, 0.15) is 25.3 Å². The summed E-state index contributed by atoms with van der Waals surface area (Å²) in [5, 5.41) is 4.17. The second-order valence-corrected chi connectivity index (χ2v) is 5.04. The second-order valence-electron chi connectivity index (χ2n) is 5.04. The van der Waals surface area contributed by atoms with E-state index in [1.807, 2.05) is 16.9 Å². The van der Waals surface area contributed by atoms with E-state index in [1.54, 1.807) is 11.1 Å². The van der Waals surface area contributed by atoms with Crippen LogP contribution in [0.2, 0.25) is 0 Å². The smallest absolute Gasteiger partial charge is 0.372 e. The van der Waals surface area contributed by atoms with E-state index in [4.69, 9.17) is 0 Å². The van der Waals surface area contributed by atoms with Crippen LogP contribution in [0.4, 0.5) is 13.2 Å². The number of hydrogen-bond donors (Lipinski definition) is 0. The monoisotopic (exact) mass is 305 g/mol. The van der Waals surface area contributed by atoms with Crippen LogP contribution in [-0.4, -0.2) is 53.1 Å². The number of likely N-dealkylation sites (tertiary alicyclic amines) is 1. The van der Waals surface area contributed by atoms with Gasteiger partial charge in [0.1, 0.15) is 6.61 Å². The van der Waals surface area contributed by atoms with Crippen molar-refractivity contribution in [2.45, 2.75) is 31.5 Å². The zero-order valence-electron chi connectivity index (χ0n) is 11.6. The molecule has 2 rings (SSSR count). The van der Waals surface area contributed by atoms with Crippen LogP contribution in [0.3, 0.4) is 0 Å². The molecule has 5 nitrogen and oxygen atoms in total. The highest BCUT2D eigenvalue weighted by Crippen LogP contribution is 2.21. The van der Waals surface area contributed by atoms with Gasteiger partial charge in [0, 0.05) is 25.5 Å². The number of carbonyl (C=O) groups excluding carboxylic acids is 1. The van der Waals surface area contributed by atoms with Gasteiger partial charge in [-0.2, -0.15) is 18.3 Å². The highest BCUT2D eigenvalue weighted by Gasteiger charge is 2.28. The summed E-state index contributed by atoms with van der Waals surface area (Å²) in [6.07, 6.45) is 0.966. The van der Waals surface area contributed by atoms with Crippen molar-refractivity contribution in [1.82, 2.24) is 14.7 Å². The number of aromatic nitrogens is 2. The molecule has 0 aromatic carbocycles. The lowest BCUT2D eigenvalue weighted by molar-refractivity contribution is -0.175. The molecule has 8 heteroatoms. The number of nitrogens with zero attached hydrogens (tertiary/aromatic N) is 3. The predicted octanol–water partition coefficient (Wildman–Crippen LogP) is 2.02. The number of halogens is 3. The maximum atomic E-state index is 12.0. The molecular weight excluding hydrogens is 287 g/mol. The van der Waals surface area contributed by atoms with Crippen LogP contribution >= 0.6 is 0 Å². The van der Waals surface area contributed by atoms with Gasteiger partial charge < -0.3 is 9.64 Å². The van der Waals surface area contributed by atoms with Gasteiger partial charge in [-0.15, -0.1) is 0 Å². The van der Waals surface area contributed by atoms with Crippen LogP contribution in [0.25, 0.3) is 0 Å². The lowest BCUT2D eigenvalue weighted by Crippen LogP contribution is -2.41. The molecule has 0 spiro atoms. The van der Waals surface area contributed by atoms with Gasteiger partial charge in [-0.1, -0.05) is 0 Å². The molecule has 2 heterocycles. The molecule has 21 heavy (non-hydrogen) atoms. The number of hydrogen-bond acceptors (Lipinski definition) is 3. The van der Waals surface area contributed by atoms with Crippen molar-refractivity contribution in [1.29, 1.82) is 0 Å². The Morgan fingerprint density at radius 3 is 2.90 bits per heavy atom. The number of carbonyl (C=O) groups is 1. The van der Waals surface area contributed by atoms with Crippen LogP contribution in [-0.2, 0) is 9.53 Å². The maximum Gasteiger partial charge on any atom is 0.411 e. The molecule has 0 unspecified atom stereocenters. The average molecular weight is 305 g/mol. The number of alkyl halides is 3. The van der Waals surface area contributed by atoms with E-state index in [9.17, 15) is 18.0 Å². The number of rotatable bonds is 5. The van der Waals surface area contributed by atoms with Gasteiger partial charge in [-0.05, 0) is 18.9 Å². The molecule has 1 aliphatic rings. The molecule has 1 aromatic rings. The topological polar surface area (TPSA) is 47.4 Å². The van der Waals surface area contributed by atoms with Gasteiger partial charge in [0.2, 0.25) is 5.91 Å². The minimum absolute atomic E-state index is 0.0259. The first-order valence-corrected chi connectivity index (χ1v) is 6.87. The van der Waals surface area contributed by atoms with Crippen molar-refractivity contribution < 1.29 is 22.7 Å². The zero-order chi connectivity index (χ0) is 15.3. The van der Waals surface area contributed by atoms with E-state index >= 15 is 0 Å². The second kappa shape index (κ2) is 6.93. The first-order chi connectivity index (χ1) is 9.96. The zero-order valence-corrected chi connectivity index (χ0v) is 11.6. The maximum absolute atomic E-state index is 12.0. The molecule has 1 amide bonds. The van der Waals surface area contributed by atoms with E-state index in [0.717, 1.165) is 12.8 Å². The lowest BCUT2D eigenvalue weighted by Gasteiger charge is -2.33. The molecular formula is C13H18F3N3O2. The van der Waals surface area contributed by atoms with E-state index in [2.05, 4.69) is 9.84 Å². The van der Waals surface area contributed by atoms with Crippen LogP contribution in [0.5, 0.6) is 0 Å².